The lowest BCUT2D eigenvalue weighted by atomic mass is 9.93. The number of hydrogen-bond acceptors (Lipinski definition) is 8. The van der Waals surface area contributed by atoms with Crippen molar-refractivity contribution in [3.05, 3.63) is 66.0 Å². The number of nitriles is 1. The van der Waals surface area contributed by atoms with Crippen LogP contribution in [0.4, 0.5) is 14.5 Å². The third kappa shape index (κ3) is 5.39. The van der Waals surface area contributed by atoms with E-state index in [1.807, 2.05) is 20.8 Å². The summed E-state index contributed by atoms with van der Waals surface area (Å²) in [6.07, 6.45) is 3.05. The van der Waals surface area contributed by atoms with Crippen LogP contribution >= 0.6 is 0 Å². The molecule has 5 rings (SSSR count). The Kier molecular flexibility index (Phi) is 7.28. The molecule has 1 aliphatic rings. The lowest BCUT2D eigenvalue weighted by Crippen LogP contribution is -2.38. The molecule has 1 atom stereocenters. The average Bonchev–Trinajstić information content (AvgIpc) is 3.37. The van der Waals surface area contributed by atoms with Gasteiger partial charge in [0.05, 0.1) is 30.2 Å². The van der Waals surface area contributed by atoms with E-state index in [-0.39, 0.29) is 36.8 Å². The van der Waals surface area contributed by atoms with Gasteiger partial charge >= 0.3 is 0 Å². The number of H-pyrrole nitrogens is 1. The molecule has 1 unspecified atom stereocenters. The molecule has 4 aromatic rings. The molecule has 0 saturated heterocycles. The topological polar surface area (TPSA) is 125 Å². The van der Waals surface area contributed by atoms with E-state index in [0.717, 1.165) is 12.1 Å². The molecule has 0 fully saturated rings. The number of aliphatic hydroxyl groups is 1. The van der Waals surface area contributed by atoms with Gasteiger partial charge in [0.15, 0.2) is 17.4 Å². The average molecular weight is 548 g/mol. The normalized spacial score (nSPS) is 16.8. The van der Waals surface area contributed by atoms with Crippen molar-refractivity contribution in [3.63, 3.8) is 0 Å². The highest BCUT2D eigenvalue weighted by Gasteiger charge is 2.29. The second kappa shape index (κ2) is 10.8. The highest BCUT2D eigenvalue weighted by molar-refractivity contribution is 5.98. The van der Waals surface area contributed by atoms with Crippen LogP contribution in [-0.2, 0) is 4.74 Å². The quantitative estimate of drug-likeness (QED) is 0.269. The van der Waals surface area contributed by atoms with Crippen LogP contribution in [0.2, 0.25) is 0 Å². The minimum Gasteiger partial charge on any atom is -0.490 e. The minimum atomic E-state index is -0.942. The van der Waals surface area contributed by atoms with Crippen molar-refractivity contribution in [2.24, 2.45) is 10.4 Å². The van der Waals surface area contributed by atoms with E-state index >= 15 is 8.78 Å². The van der Waals surface area contributed by atoms with Gasteiger partial charge in [-0.2, -0.15) is 5.26 Å². The number of pyridine rings is 1. The maximum absolute atomic E-state index is 15.1. The summed E-state index contributed by atoms with van der Waals surface area (Å²) >= 11 is 0. The van der Waals surface area contributed by atoms with Crippen LogP contribution in [0.15, 0.2) is 53.8 Å². The molecule has 40 heavy (non-hydrogen) atoms. The maximum atomic E-state index is 15.1. The summed E-state index contributed by atoms with van der Waals surface area (Å²) in [5.41, 5.74) is 1.67. The summed E-state index contributed by atoms with van der Waals surface area (Å²) < 4.78 is 47.3. The van der Waals surface area contributed by atoms with Crippen LogP contribution in [0.1, 0.15) is 26.3 Å². The van der Waals surface area contributed by atoms with Gasteiger partial charge in [0.2, 0.25) is 0 Å². The number of aromatic nitrogens is 2. The fourth-order valence-corrected chi connectivity index (χ4v) is 4.21. The van der Waals surface area contributed by atoms with Gasteiger partial charge in [-0.15, -0.1) is 0 Å². The van der Waals surface area contributed by atoms with Crippen molar-refractivity contribution in [1.29, 1.82) is 5.26 Å². The van der Waals surface area contributed by atoms with Crippen LogP contribution in [0.5, 0.6) is 17.2 Å². The second-order valence-corrected chi connectivity index (χ2v) is 10.1. The van der Waals surface area contributed by atoms with Crippen molar-refractivity contribution in [2.75, 3.05) is 25.1 Å². The molecule has 3 N–H and O–H groups in total. The number of hydrogen-bond donors (Lipinski definition) is 3. The molecule has 1 aliphatic heterocycles. The first-order valence-corrected chi connectivity index (χ1v) is 12.6. The number of ether oxygens (including phenoxy) is 3. The highest BCUT2D eigenvalue weighted by Crippen LogP contribution is 2.39. The number of benzene rings is 2. The standard InChI is InChI=1S/C29H27F2N5O4/c1-16(2)39-23-5-4-17(8-18(23)11-32)20-12-34-27-25(20)24(6-7-33-27)40-26-21(30)9-19(10-22(26)31)36-28-35-13-29(3,14-37)15-38-28/h4-10,12,16,37H,13-15H2,1-3H3,(H,33,34)(H,35,36). The number of anilines is 1. The number of rotatable bonds is 7. The number of aromatic amines is 1. The Morgan fingerprint density at radius 3 is 2.62 bits per heavy atom. The zero-order valence-corrected chi connectivity index (χ0v) is 22.1. The Morgan fingerprint density at radius 1 is 1.20 bits per heavy atom. The molecule has 0 amide bonds. The Morgan fingerprint density at radius 2 is 1.98 bits per heavy atom. The van der Waals surface area contributed by atoms with E-state index in [1.165, 1.54) is 12.3 Å². The zero-order valence-electron chi connectivity index (χ0n) is 22.1. The summed E-state index contributed by atoms with van der Waals surface area (Å²) in [5, 5.41) is 22.3. The zero-order chi connectivity index (χ0) is 28.4. The summed E-state index contributed by atoms with van der Waals surface area (Å²) in [5.74, 6) is -1.85. The monoisotopic (exact) mass is 547 g/mol. The molecule has 0 spiro atoms. The van der Waals surface area contributed by atoms with E-state index < -0.39 is 22.8 Å². The summed E-state index contributed by atoms with van der Waals surface area (Å²) in [6.45, 7) is 5.98. The van der Waals surface area contributed by atoms with E-state index in [1.54, 1.807) is 24.4 Å². The van der Waals surface area contributed by atoms with Crippen molar-refractivity contribution < 1.29 is 28.1 Å². The maximum Gasteiger partial charge on any atom is 0.289 e. The van der Waals surface area contributed by atoms with Crippen molar-refractivity contribution in [2.45, 2.75) is 26.9 Å². The molecule has 0 bridgehead atoms. The van der Waals surface area contributed by atoms with Gasteiger partial charge in [0.25, 0.3) is 6.02 Å². The van der Waals surface area contributed by atoms with E-state index in [4.69, 9.17) is 14.2 Å². The predicted octanol–water partition coefficient (Wildman–Crippen LogP) is 5.76. The molecular formula is C29H27F2N5O4. The largest absolute Gasteiger partial charge is 0.490 e. The Balaban J connectivity index is 1.45. The lowest BCUT2D eigenvalue weighted by molar-refractivity contribution is 0.0706. The van der Waals surface area contributed by atoms with Gasteiger partial charge in [-0.05, 0) is 37.6 Å². The van der Waals surface area contributed by atoms with Crippen LogP contribution in [0.25, 0.3) is 22.2 Å². The molecule has 206 valence electrons. The summed E-state index contributed by atoms with van der Waals surface area (Å²) in [6, 6.07) is 11.1. The third-order valence-electron chi connectivity index (χ3n) is 6.31. The van der Waals surface area contributed by atoms with Crippen LogP contribution < -0.4 is 14.8 Å². The summed E-state index contributed by atoms with van der Waals surface area (Å²) in [4.78, 5) is 11.6. The van der Waals surface area contributed by atoms with E-state index in [0.29, 0.717) is 40.0 Å². The molecule has 2 aromatic heterocycles. The minimum absolute atomic E-state index is 0.0867. The smallest absolute Gasteiger partial charge is 0.289 e. The van der Waals surface area contributed by atoms with Crippen molar-refractivity contribution in [1.82, 2.24) is 9.97 Å². The molecule has 0 saturated carbocycles. The predicted molar refractivity (Wildman–Crippen MR) is 146 cm³/mol. The molecule has 9 nitrogen and oxygen atoms in total. The number of fused-ring (bicyclic) bond motifs is 1. The Bertz CT molecular complexity index is 1620. The van der Waals surface area contributed by atoms with Crippen LogP contribution in [0.3, 0.4) is 0 Å². The fourth-order valence-electron chi connectivity index (χ4n) is 4.21. The number of nitrogens with zero attached hydrogens (tertiary/aromatic N) is 3. The van der Waals surface area contributed by atoms with Gasteiger partial charge in [-0.1, -0.05) is 13.0 Å². The molecule has 2 aromatic carbocycles. The van der Waals surface area contributed by atoms with Crippen LogP contribution in [-0.4, -0.2) is 47.0 Å². The van der Waals surface area contributed by atoms with Gasteiger partial charge in [0, 0.05) is 41.2 Å². The van der Waals surface area contributed by atoms with E-state index in [9.17, 15) is 10.4 Å². The highest BCUT2D eigenvalue weighted by atomic mass is 19.1. The molecule has 3 heterocycles. The van der Waals surface area contributed by atoms with Crippen molar-refractivity contribution in [3.8, 4) is 34.4 Å². The molecule has 11 heteroatoms. The Hall–Kier alpha value is -4.69. The van der Waals surface area contributed by atoms with Gasteiger partial charge in [-0.25, -0.2) is 18.8 Å². The molecule has 0 aliphatic carbocycles. The van der Waals surface area contributed by atoms with Gasteiger partial charge < -0.3 is 29.6 Å². The van der Waals surface area contributed by atoms with Crippen LogP contribution in [0, 0.1) is 28.4 Å². The van der Waals surface area contributed by atoms with E-state index in [2.05, 4.69) is 26.3 Å². The number of amidine groups is 1. The van der Waals surface area contributed by atoms with Crippen molar-refractivity contribution >= 4 is 22.7 Å². The number of nitrogens with one attached hydrogen (secondary N) is 2. The Labute approximate surface area is 229 Å². The number of aliphatic hydroxyl groups excluding tert-OH is 1. The SMILES string of the molecule is CC(C)Oc1ccc(-c2c[nH]c3nccc(Oc4c(F)cc(NC5=NCC(C)(CO)CO5)cc4F)c23)cc1C#N. The first-order chi connectivity index (χ1) is 19.2. The fraction of sp³-hybridized carbons (Fsp3) is 0.276. The first kappa shape index (κ1) is 26.9. The third-order valence-corrected chi connectivity index (χ3v) is 6.31. The van der Waals surface area contributed by atoms with Gasteiger partial charge in [-0.3, -0.25) is 0 Å². The number of halogens is 2. The summed E-state index contributed by atoms with van der Waals surface area (Å²) in [7, 11) is 0. The first-order valence-electron chi connectivity index (χ1n) is 12.6. The molecule has 0 radical (unpaired) electrons. The molecular weight excluding hydrogens is 520 g/mol. The second-order valence-electron chi connectivity index (χ2n) is 10.1. The van der Waals surface area contributed by atoms with Gasteiger partial charge in [0.1, 0.15) is 29.8 Å². The number of aliphatic imine (C=N–C) groups is 1. The lowest BCUT2D eigenvalue weighted by Gasteiger charge is -2.30.